The number of aromatic nitrogens is 1. The van der Waals surface area contributed by atoms with Gasteiger partial charge in [0.2, 0.25) is 0 Å². The van der Waals surface area contributed by atoms with Gasteiger partial charge in [0.15, 0.2) is 0 Å². The minimum Gasteiger partial charge on any atom is -1.00 e. The van der Waals surface area contributed by atoms with Crippen molar-refractivity contribution in [2.24, 2.45) is 0 Å². The Labute approximate surface area is 188 Å². The summed E-state index contributed by atoms with van der Waals surface area (Å²) in [5.74, 6) is 0.905. The van der Waals surface area contributed by atoms with Gasteiger partial charge < -0.3 is 17.1 Å². The number of nitrogens with zero attached hydrogens (tertiary/aromatic N) is 1. The molecule has 0 spiro atoms. The van der Waals surface area contributed by atoms with Crippen LogP contribution in [0.4, 0.5) is 0 Å². The van der Waals surface area contributed by atoms with Crippen LogP contribution in [-0.4, -0.2) is 11.6 Å². The molecule has 2 nitrogen and oxygen atoms in total. The molecule has 0 bridgehead atoms. The molecule has 4 heteroatoms. The first-order valence-electron chi connectivity index (χ1n) is 10.5. The lowest BCUT2D eigenvalue weighted by Gasteiger charge is -2.14. The number of hydrogen-bond acceptors (Lipinski definition) is 3. The SMILES string of the molecule is CCOc1ccc(-c2cc(-c3cccc(C)c3)c3c4c(sc3n2)CCCC4)cc1.[Cl-]. The average Bonchev–Trinajstić information content (AvgIpc) is 3.12. The molecule has 5 rings (SSSR count). The van der Waals surface area contributed by atoms with Crippen molar-refractivity contribution in [1.29, 1.82) is 0 Å². The van der Waals surface area contributed by atoms with E-state index in [0.29, 0.717) is 6.61 Å². The van der Waals surface area contributed by atoms with Gasteiger partial charge >= 0.3 is 0 Å². The summed E-state index contributed by atoms with van der Waals surface area (Å²) in [6.07, 6.45) is 4.96. The van der Waals surface area contributed by atoms with E-state index in [-0.39, 0.29) is 12.4 Å². The van der Waals surface area contributed by atoms with E-state index >= 15 is 0 Å². The first kappa shape index (κ1) is 20.9. The van der Waals surface area contributed by atoms with E-state index < -0.39 is 0 Å². The molecule has 0 aliphatic heterocycles. The lowest BCUT2D eigenvalue weighted by atomic mass is 9.91. The van der Waals surface area contributed by atoms with Gasteiger partial charge in [0.1, 0.15) is 10.6 Å². The largest absolute Gasteiger partial charge is 1.00 e. The number of rotatable bonds is 4. The van der Waals surface area contributed by atoms with Gasteiger partial charge in [-0.25, -0.2) is 4.98 Å². The highest BCUT2D eigenvalue weighted by Gasteiger charge is 2.21. The second kappa shape index (κ2) is 8.79. The summed E-state index contributed by atoms with van der Waals surface area (Å²) in [7, 11) is 0. The Bertz CT molecular complexity index is 1180. The van der Waals surface area contributed by atoms with Gasteiger partial charge in [0.05, 0.1) is 12.3 Å². The van der Waals surface area contributed by atoms with Crippen molar-refractivity contribution in [3.63, 3.8) is 0 Å². The zero-order chi connectivity index (χ0) is 19.8. The third-order valence-electron chi connectivity index (χ3n) is 5.72. The van der Waals surface area contributed by atoms with Crippen molar-refractivity contribution < 1.29 is 17.1 Å². The lowest BCUT2D eigenvalue weighted by molar-refractivity contribution is -0.00000630. The number of halogens is 1. The van der Waals surface area contributed by atoms with Gasteiger partial charge in [0, 0.05) is 15.8 Å². The van der Waals surface area contributed by atoms with Crippen LogP contribution in [0, 0.1) is 6.92 Å². The van der Waals surface area contributed by atoms with Crippen molar-refractivity contribution in [3.05, 3.63) is 70.6 Å². The molecule has 154 valence electrons. The molecular formula is C26H25ClNOS-. The highest BCUT2D eigenvalue weighted by atomic mass is 35.5. The monoisotopic (exact) mass is 434 g/mol. The van der Waals surface area contributed by atoms with Crippen LogP contribution in [0.25, 0.3) is 32.6 Å². The van der Waals surface area contributed by atoms with E-state index in [1.165, 1.54) is 57.5 Å². The van der Waals surface area contributed by atoms with Gasteiger partial charge in [0.25, 0.3) is 0 Å². The molecular weight excluding hydrogens is 410 g/mol. The summed E-state index contributed by atoms with van der Waals surface area (Å²) in [5.41, 5.74) is 7.61. The molecule has 0 atom stereocenters. The van der Waals surface area contributed by atoms with Crippen LogP contribution in [0.3, 0.4) is 0 Å². The summed E-state index contributed by atoms with van der Waals surface area (Å²) < 4.78 is 5.61. The maximum atomic E-state index is 5.61. The molecule has 30 heavy (non-hydrogen) atoms. The third-order valence-corrected chi connectivity index (χ3v) is 6.90. The number of aryl methyl sites for hydroxylation is 3. The summed E-state index contributed by atoms with van der Waals surface area (Å²) in [5, 5.41) is 1.38. The third kappa shape index (κ3) is 3.84. The minimum atomic E-state index is 0. The Hall–Kier alpha value is -2.36. The molecule has 0 fully saturated rings. The van der Waals surface area contributed by atoms with Crippen molar-refractivity contribution >= 4 is 21.6 Å². The fraction of sp³-hybridized carbons (Fsp3) is 0.269. The normalized spacial score (nSPS) is 13.0. The first-order chi connectivity index (χ1) is 14.2. The minimum absolute atomic E-state index is 0. The van der Waals surface area contributed by atoms with E-state index in [1.54, 1.807) is 5.56 Å². The van der Waals surface area contributed by atoms with Crippen LogP contribution in [0.5, 0.6) is 5.75 Å². The molecule has 2 aromatic heterocycles. The van der Waals surface area contributed by atoms with Crippen LogP contribution < -0.4 is 17.1 Å². The van der Waals surface area contributed by atoms with Crippen LogP contribution in [-0.2, 0) is 12.8 Å². The number of fused-ring (bicyclic) bond motifs is 3. The van der Waals surface area contributed by atoms with E-state index in [4.69, 9.17) is 9.72 Å². The van der Waals surface area contributed by atoms with Gasteiger partial charge in [-0.15, -0.1) is 11.3 Å². The van der Waals surface area contributed by atoms with Crippen LogP contribution in [0.2, 0.25) is 0 Å². The van der Waals surface area contributed by atoms with Crippen LogP contribution >= 0.6 is 11.3 Å². The summed E-state index contributed by atoms with van der Waals surface area (Å²) in [6, 6.07) is 19.5. The quantitative estimate of drug-likeness (QED) is 0.479. The van der Waals surface area contributed by atoms with Crippen molar-refractivity contribution in [2.45, 2.75) is 39.5 Å². The molecule has 0 unspecified atom stereocenters. The summed E-state index contributed by atoms with van der Waals surface area (Å²) >= 11 is 1.90. The molecule has 0 saturated heterocycles. The highest BCUT2D eigenvalue weighted by Crippen LogP contribution is 2.42. The first-order valence-corrected chi connectivity index (χ1v) is 11.3. The summed E-state index contributed by atoms with van der Waals surface area (Å²) in [4.78, 5) is 7.83. The molecule has 2 aromatic carbocycles. The Morgan fingerprint density at radius 3 is 2.53 bits per heavy atom. The standard InChI is InChI=1S/C26H25NOS.ClH/c1-3-28-20-13-11-18(12-14-20)23-16-22(19-8-6-7-17(2)15-19)25-21-9-4-5-10-24(21)29-26(25)27-23;/h6-8,11-16H,3-5,9-10H2,1-2H3;1H/p-1. The van der Waals surface area contributed by atoms with Crippen molar-refractivity contribution in [2.75, 3.05) is 6.61 Å². The van der Waals surface area contributed by atoms with Gasteiger partial charge in [-0.2, -0.15) is 0 Å². The van der Waals surface area contributed by atoms with Crippen LogP contribution in [0.1, 0.15) is 35.8 Å². The number of thiophene rings is 1. The van der Waals surface area contributed by atoms with Gasteiger partial charge in [-0.05, 0) is 86.6 Å². The van der Waals surface area contributed by atoms with Gasteiger partial charge in [-0.1, -0.05) is 29.8 Å². The average molecular weight is 435 g/mol. The fourth-order valence-electron chi connectivity index (χ4n) is 4.34. The molecule has 1 aliphatic rings. The Kier molecular flexibility index (Phi) is 6.12. The smallest absolute Gasteiger partial charge is 0.125 e. The number of hydrogen-bond donors (Lipinski definition) is 0. The predicted molar refractivity (Wildman–Crippen MR) is 123 cm³/mol. The second-order valence-corrected chi connectivity index (χ2v) is 8.86. The lowest BCUT2D eigenvalue weighted by Crippen LogP contribution is -3.00. The molecule has 0 N–H and O–H groups in total. The van der Waals surface area contributed by atoms with E-state index in [0.717, 1.165) is 17.0 Å². The topological polar surface area (TPSA) is 22.1 Å². The van der Waals surface area contributed by atoms with E-state index in [9.17, 15) is 0 Å². The Morgan fingerprint density at radius 1 is 0.967 bits per heavy atom. The van der Waals surface area contributed by atoms with Crippen molar-refractivity contribution in [1.82, 2.24) is 4.98 Å². The number of benzene rings is 2. The molecule has 0 radical (unpaired) electrons. The number of pyridine rings is 1. The zero-order valence-electron chi connectivity index (χ0n) is 17.4. The van der Waals surface area contributed by atoms with Gasteiger partial charge in [-0.3, -0.25) is 0 Å². The fourth-order valence-corrected chi connectivity index (χ4v) is 5.62. The maximum absolute atomic E-state index is 5.61. The molecule has 2 heterocycles. The molecule has 1 aliphatic carbocycles. The van der Waals surface area contributed by atoms with E-state index in [1.807, 2.05) is 30.4 Å². The van der Waals surface area contributed by atoms with E-state index in [2.05, 4.69) is 49.4 Å². The van der Waals surface area contributed by atoms with Crippen LogP contribution in [0.15, 0.2) is 54.6 Å². The Balaban J connectivity index is 0.00000218. The molecule has 0 saturated carbocycles. The number of ether oxygens (including phenoxy) is 1. The molecule has 4 aromatic rings. The zero-order valence-corrected chi connectivity index (χ0v) is 18.9. The van der Waals surface area contributed by atoms with Crippen molar-refractivity contribution in [3.8, 4) is 28.1 Å². The second-order valence-electron chi connectivity index (χ2n) is 7.77. The maximum Gasteiger partial charge on any atom is 0.125 e. The Morgan fingerprint density at radius 2 is 1.77 bits per heavy atom. The molecule has 0 amide bonds. The summed E-state index contributed by atoms with van der Waals surface area (Å²) in [6.45, 7) is 4.86. The predicted octanol–water partition coefficient (Wildman–Crippen LogP) is 4.22. The highest BCUT2D eigenvalue weighted by molar-refractivity contribution is 7.19.